The van der Waals surface area contributed by atoms with Crippen LogP contribution < -0.4 is 14.8 Å². The van der Waals surface area contributed by atoms with Crippen LogP contribution in [0.5, 0.6) is 11.5 Å². The van der Waals surface area contributed by atoms with Crippen LogP contribution in [-0.2, 0) is 13.2 Å². The van der Waals surface area contributed by atoms with Crippen LogP contribution in [0.4, 0.5) is 0 Å². The summed E-state index contributed by atoms with van der Waals surface area (Å²) >= 11 is 0. The minimum Gasteiger partial charge on any atom is -0.493 e. The fraction of sp³-hybridized carbons (Fsp3) is 0.296. The average molecular weight is 446 g/mol. The fourth-order valence-electron chi connectivity index (χ4n) is 3.80. The summed E-state index contributed by atoms with van der Waals surface area (Å²) in [5.41, 5.74) is 4.04. The number of hydrogen-bond acceptors (Lipinski definition) is 5. The maximum absolute atomic E-state index is 10.7. The number of ether oxygens (including phenoxy) is 2. The lowest BCUT2D eigenvalue weighted by Crippen LogP contribution is -2.31. The van der Waals surface area contributed by atoms with Crippen molar-refractivity contribution in [3.63, 3.8) is 0 Å². The second-order valence-electron chi connectivity index (χ2n) is 8.23. The fourth-order valence-corrected chi connectivity index (χ4v) is 3.80. The monoisotopic (exact) mass is 445 g/mol. The van der Waals surface area contributed by atoms with Crippen molar-refractivity contribution in [1.82, 2.24) is 14.9 Å². The molecule has 0 saturated carbocycles. The first-order chi connectivity index (χ1) is 16.1. The van der Waals surface area contributed by atoms with Gasteiger partial charge in [-0.1, -0.05) is 48.5 Å². The molecule has 0 saturated heterocycles. The van der Waals surface area contributed by atoms with Gasteiger partial charge in [-0.25, -0.2) is 4.98 Å². The molecule has 2 atom stereocenters. The van der Waals surface area contributed by atoms with Crippen molar-refractivity contribution in [3.8, 4) is 11.5 Å². The number of benzene rings is 3. The molecule has 6 heteroatoms. The number of fused-ring (bicyclic) bond motifs is 1. The minimum absolute atomic E-state index is 0.246. The van der Waals surface area contributed by atoms with E-state index < -0.39 is 6.10 Å². The number of aryl methyl sites for hydroxylation is 1. The topological polar surface area (TPSA) is 68.5 Å². The van der Waals surface area contributed by atoms with Crippen molar-refractivity contribution >= 4 is 11.0 Å². The number of methoxy groups -OCH3 is 1. The van der Waals surface area contributed by atoms with E-state index in [9.17, 15) is 5.11 Å². The van der Waals surface area contributed by atoms with Crippen LogP contribution in [0.2, 0.25) is 0 Å². The summed E-state index contributed by atoms with van der Waals surface area (Å²) in [4.78, 5) is 4.44. The van der Waals surface area contributed by atoms with Gasteiger partial charge in [-0.15, -0.1) is 0 Å². The van der Waals surface area contributed by atoms with Crippen LogP contribution in [-0.4, -0.2) is 34.4 Å². The van der Waals surface area contributed by atoms with Gasteiger partial charge in [-0.2, -0.15) is 0 Å². The Hall–Kier alpha value is -3.35. The Balaban J connectivity index is 1.28. The van der Waals surface area contributed by atoms with E-state index in [1.807, 2.05) is 73.1 Å². The molecule has 0 fully saturated rings. The number of rotatable bonds is 11. The van der Waals surface area contributed by atoms with E-state index in [2.05, 4.69) is 27.9 Å². The van der Waals surface area contributed by atoms with Gasteiger partial charge in [-0.3, -0.25) is 0 Å². The molecule has 2 N–H and O–H groups in total. The Kier molecular flexibility index (Phi) is 7.60. The third-order valence-corrected chi connectivity index (χ3v) is 5.80. The molecular formula is C27H31N3O3. The van der Waals surface area contributed by atoms with E-state index in [4.69, 9.17) is 9.47 Å². The van der Waals surface area contributed by atoms with Gasteiger partial charge in [-0.05, 0) is 48.7 Å². The second kappa shape index (κ2) is 11.0. The lowest BCUT2D eigenvalue weighted by molar-refractivity contribution is 0.169. The summed E-state index contributed by atoms with van der Waals surface area (Å²) in [6.07, 6.45) is 2.18. The molecule has 33 heavy (non-hydrogen) atoms. The maximum Gasteiger partial charge on any atom is 0.161 e. The van der Waals surface area contributed by atoms with Gasteiger partial charge in [0.1, 0.15) is 6.61 Å². The quantitative estimate of drug-likeness (QED) is 0.349. The summed E-state index contributed by atoms with van der Waals surface area (Å²) < 4.78 is 13.6. The molecule has 3 aromatic carbocycles. The van der Waals surface area contributed by atoms with E-state index in [0.29, 0.717) is 24.7 Å². The first-order valence-electron chi connectivity index (χ1n) is 11.3. The molecule has 0 radical (unpaired) electrons. The zero-order chi connectivity index (χ0) is 23.0. The molecule has 6 nitrogen and oxygen atoms in total. The third kappa shape index (κ3) is 5.92. The largest absolute Gasteiger partial charge is 0.493 e. The van der Waals surface area contributed by atoms with Gasteiger partial charge in [0.2, 0.25) is 0 Å². The van der Waals surface area contributed by atoms with Crippen molar-refractivity contribution < 1.29 is 14.6 Å². The Bertz CT molecular complexity index is 1160. The molecule has 0 bridgehead atoms. The van der Waals surface area contributed by atoms with Gasteiger partial charge in [0.05, 0.1) is 30.6 Å². The molecule has 2 unspecified atom stereocenters. The van der Waals surface area contributed by atoms with Crippen molar-refractivity contribution in [2.24, 2.45) is 0 Å². The summed E-state index contributed by atoms with van der Waals surface area (Å²) in [5.74, 6) is 1.27. The number of nitrogens with zero attached hydrogens (tertiary/aromatic N) is 2. The number of imidazole rings is 1. The normalized spacial score (nSPS) is 13.1. The Labute approximate surface area is 194 Å². The van der Waals surface area contributed by atoms with Crippen molar-refractivity contribution in [1.29, 1.82) is 0 Å². The van der Waals surface area contributed by atoms with E-state index in [1.54, 1.807) is 7.11 Å². The zero-order valence-corrected chi connectivity index (χ0v) is 19.1. The van der Waals surface area contributed by atoms with Crippen molar-refractivity contribution in [2.45, 2.75) is 38.6 Å². The minimum atomic E-state index is -0.640. The Morgan fingerprint density at radius 3 is 2.61 bits per heavy atom. The summed E-state index contributed by atoms with van der Waals surface area (Å²) in [7, 11) is 1.61. The molecule has 0 aliphatic heterocycles. The van der Waals surface area contributed by atoms with Crippen LogP contribution in [0.15, 0.2) is 79.1 Å². The zero-order valence-electron chi connectivity index (χ0n) is 19.1. The highest BCUT2D eigenvalue weighted by Gasteiger charge is 2.14. The van der Waals surface area contributed by atoms with Crippen LogP contribution in [0.3, 0.4) is 0 Å². The molecule has 0 spiro atoms. The molecule has 0 amide bonds. The second-order valence-corrected chi connectivity index (χ2v) is 8.23. The standard InChI is InChI=1S/C27H31N3O3/c1-20(14-15-30-19-29-23-10-6-7-11-24(23)30)28-17-25(31)22-12-13-26(27(16-22)32-2)33-18-21-8-4-3-5-9-21/h3-13,16,19-20,25,28,31H,14-15,17-18H2,1-2H3. The van der Waals surface area contributed by atoms with Crippen LogP contribution in [0.25, 0.3) is 11.0 Å². The highest BCUT2D eigenvalue weighted by molar-refractivity contribution is 5.74. The predicted molar refractivity (Wildman–Crippen MR) is 131 cm³/mol. The van der Waals surface area contributed by atoms with Gasteiger partial charge >= 0.3 is 0 Å². The molecule has 0 aliphatic carbocycles. The van der Waals surface area contributed by atoms with Crippen LogP contribution in [0, 0.1) is 0 Å². The van der Waals surface area contributed by atoms with Gasteiger partial charge in [0, 0.05) is 19.1 Å². The van der Waals surface area contributed by atoms with E-state index in [0.717, 1.165) is 35.1 Å². The number of aliphatic hydroxyl groups excluding tert-OH is 1. The summed E-state index contributed by atoms with van der Waals surface area (Å²) in [6, 6.07) is 24.0. The smallest absolute Gasteiger partial charge is 0.161 e. The molecule has 172 valence electrons. The molecular weight excluding hydrogens is 414 g/mol. The maximum atomic E-state index is 10.7. The van der Waals surface area contributed by atoms with E-state index >= 15 is 0 Å². The van der Waals surface area contributed by atoms with Crippen molar-refractivity contribution in [3.05, 3.63) is 90.3 Å². The highest BCUT2D eigenvalue weighted by atomic mass is 16.5. The van der Waals surface area contributed by atoms with Crippen LogP contribution >= 0.6 is 0 Å². The lowest BCUT2D eigenvalue weighted by Gasteiger charge is -2.19. The average Bonchev–Trinajstić information content (AvgIpc) is 3.28. The molecule has 1 aromatic heterocycles. The number of aromatic nitrogens is 2. The van der Waals surface area contributed by atoms with Gasteiger partial charge in [0.15, 0.2) is 11.5 Å². The molecule has 4 aromatic rings. The van der Waals surface area contributed by atoms with E-state index in [-0.39, 0.29) is 6.04 Å². The Morgan fingerprint density at radius 2 is 1.79 bits per heavy atom. The number of hydrogen-bond donors (Lipinski definition) is 2. The van der Waals surface area contributed by atoms with Crippen LogP contribution in [0.1, 0.15) is 30.6 Å². The number of nitrogens with one attached hydrogen (secondary N) is 1. The third-order valence-electron chi connectivity index (χ3n) is 5.80. The SMILES string of the molecule is COc1cc(C(O)CNC(C)CCn2cnc3ccccc32)ccc1OCc1ccccc1. The predicted octanol–water partition coefficient (Wildman–Crippen LogP) is 4.73. The number of aliphatic hydroxyl groups is 1. The number of para-hydroxylation sites is 2. The Morgan fingerprint density at radius 1 is 1.00 bits per heavy atom. The van der Waals surface area contributed by atoms with Gasteiger partial charge in [0.25, 0.3) is 0 Å². The first kappa shape index (κ1) is 22.8. The lowest BCUT2D eigenvalue weighted by atomic mass is 10.1. The molecule has 4 rings (SSSR count). The summed E-state index contributed by atoms with van der Waals surface area (Å²) in [6.45, 7) is 3.92. The van der Waals surface area contributed by atoms with E-state index in [1.165, 1.54) is 0 Å². The van der Waals surface area contributed by atoms with Crippen molar-refractivity contribution in [2.75, 3.05) is 13.7 Å². The molecule has 0 aliphatic rings. The highest BCUT2D eigenvalue weighted by Crippen LogP contribution is 2.31. The van der Waals surface area contributed by atoms with Gasteiger partial charge < -0.3 is 24.5 Å². The first-order valence-corrected chi connectivity index (χ1v) is 11.3. The summed E-state index contributed by atoms with van der Waals surface area (Å²) in [5, 5.41) is 14.1. The molecule has 1 heterocycles.